The molecule has 0 unspecified atom stereocenters. The zero-order valence-corrected chi connectivity index (χ0v) is 15.9. The summed E-state index contributed by atoms with van der Waals surface area (Å²) in [6.45, 7) is 9.24. The molecule has 0 radical (unpaired) electrons. The summed E-state index contributed by atoms with van der Waals surface area (Å²) in [7, 11) is -1.14. The first-order valence-corrected chi connectivity index (χ1v) is 11.2. The molecule has 0 bridgehead atoms. The predicted octanol–water partition coefficient (Wildman–Crippen LogP) is 3.95. The fourth-order valence-corrected chi connectivity index (χ4v) is 8.94. The van der Waals surface area contributed by atoms with Crippen LogP contribution in [-0.4, -0.2) is 26.9 Å². The van der Waals surface area contributed by atoms with Crippen LogP contribution in [0.15, 0.2) is 12.1 Å². The second-order valence-corrected chi connectivity index (χ2v) is 12.0. The summed E-state index contributed by atoms with van der Waals surface area (Å²) in [5, 5.41) is 3.42. The Hall–Kier alpha value is 0.517. The topological polar surface area (TPSA) is 12.0 Å². The molecule has 0 spiro atoms. The van der Waals surface area contributed by atoms with Crippen molar-refractivity contribution in [1.82, 2.24) is 5.32 Å². The van der Waals surface area contributed by atoms with Gasteiger partial charge >= 0.3 is 0 Å². The summed E-state index contributed by atoms with van der Waals surface area (Å²) in [6.07, 6.45) is 1.17. The zero-order chi connectivity index (χ0) is 13.4. The third kappa shape index (κ3) is 5.42. The van der Waals surface area contributed by atoms with Crippen LogP contribution in [0.5, 0.6) is 0 Å². The van der Waals surface area contributed by atoms with Crippen molar-refractivity contribution in [2.75, 3.05) is 18.8 Å². The average molecular weight is 338 g/mol. The Balaban J connectivity index is 0.00000324. The van der Waals surface area contributed by atoms with Crippen LogP contribution < -0.4 is 9.82 Å². The van der Waals surface area contributed by atoms with E-state index in [1.165, 1.54) is 24.6 Å². The van der Waals surface area contributed by atoms with E-state index in [9.17, 15) is 0 Å². The number of thiol groups is 1. The van der Waals surface area contributed by atoms with Gasteiger partial charge in [-0.1, -0.05) is 45.0 Å². The molecule has 0 atom stereocenters. The number of halogens is 1. The van der Waals surface area contributed by atoms with E-state index < -0.39 is 8.07 Å². The van der Waals surface area contributed by atoms with Crippen LogP contribution in [0.4, 0.5) is 0 Å². The first-order chi connectivity index (χ1) is 8.72. The highest BCUT2D eigenvalue weighted by molar-refractivity contribution is 7.80. The van der Waals surface area contributed by atoms with Crippen molar-refractivity contribution in [1.29, 1.82) is 0 Å². The van der Waals surface area contributed by atoms with Gasteiger partial charge in [0.2, 0.25) is 0 Å². The highest BCUT2D eigenvalue weighted by atomic mass is 35.5. The quantitative estimate of drug-likeness (QED) is 0.395. The number of hydrogen-bond donors (Lipinski definition) is 2. The first kappa shape index (κ1) is 19.5. The van der Waals surface area contributed by atoms with Gasteiger partial charge in [-0.3, -0.25) is 0 Å². The van der Waals surface area contributed by atoms with E-state index >= 15 is 0 Å². The van der Waals surface area contributed by atoms with Crippen LogP contribution in [0.25, 0.3) is 0 Å². The summed E-state index contributed by atoms with van der Waals surface area (Å²) >= 11 is 6.28. The Morgan fingerprint density at radius 1 is 1.11 bits per heavy atom. The minimum Gasteiger partial charge on any atom is -0.316 e. The van der Waals surface area contributed by atoms with Crippen molar-refractivity contribution in [3.8, 4) is 0 Å². The summed E-state index contributed by atoms with van der Waals surface area (Å²) in [6, 6.07) is 8.93. The fraction of sp³-hybridized carbons (Fsp3) is 0.714. The summed E-state index contributed by atoms with van der Waals surface area (Å²) < 4.78 is 1.72. The molecule has 1 rings (SSSR count). The number of nitrogens with one attached hydrogen (secondary N) is 1. The molecule has 0 aliphatic rings. The number of thiophene rings is 1. The largest absolute Gasteiger partial charge is 0.316 e. The van der Waals surface area contributed by atoms with E-state index in [0.717, 1.165) is 18.8 Å². The third-order valence-corrected chi connectivity index (χ3v) is 12.1. The summed E-state index contributed by atoms with van der Waals surface area (Å²) in [5.74, 6) is 0.924. The Morgan fingerprint density at radius 3 is 2.26 bits per heavy atom. The van der Waals surface area contributed by atoms with Gasteiger partial charge in [0.25, 0.3) is 0 Å². The standard InChI is InChI=1S/C14H27NS2Si.ClH/c1-4-18(5-2,6-3)14-8-7-13(17-14)9-10-15-11-12-16;/h7-8,15-16H,4-6,9-12H2,1-3H3;1H. The van der Waals surface area contributed by atoms with Crippen LogP contribution in [0.1, 0.15) is 25.6 Å². The molecular weight excluding hydrogens is 310 g/mol. The van der Waals surface area contributed by atoms with Crippen molar-refractivity contribution in [3.63, 3.8) is 0 Å². The number of rotatable bonds is 9. The lowest BCUT2D eigenvalue weighted by atomic mass is 10.3. The average Bonchev–Trinajstić information content (AvgIpc) is 2.87. The third-order valence-electron chi connectivity index (χ3n) is 4.05. The van der Waals surface area contributed by atoms with Crippen molar-refractivity contribution >= 4 is 48.9 Å². The molecule has 19 heavy (non-hydrogen) atoms. The molecule has 1 nitrogen and oxygen atoms in total. The van der Waals surface area contributed by atoms with Crippen LogP contribution in [0.2, 0.25) is 18.1 Å². The smallest absolute Gasteiger partial charge is 0.0987 e. The minimum absolute atomic E-state index is 0. The van der Waals surface area contributed by atoms with Gasteiger partial charge in [-0.05, 0) is 23.5 Å². The molecular formula is C14H28ClNS2Si. The molecule has 1 N–H and O–H groups in total. The SMILES string of the molecule is CC[Si](CC)(CC)c1ccc(CCNCCS)s1.Cl. The van der Waals surface area contributed by atoms with Gasteiger partial charge in [0.15, 0.2) is 0 Å². The van der Waals surface area contributed by atoms with E-state index in [2.05, 4.69) is 62.2 Å². The second kappa shape index (κ2) is 10.3. The van der Waals surface area contributed by atoms with Crippen LogP contribution >= 0.6 is 36.4 Å². The molecule has 5 heteroatoms. The molecule has 0 aromatic carbocycles. The molecule has 0 saturated carbocycles. The molecule has 1 aromatic heterocycles. The maximum atomic E-state index is 4.21. The lowest BCUT2D eigenvalue weighted by molar-refractivity contribution is 0.726. The molecule has 0 saturated heterocycles. The number of hydrogen-bond acceptors (Lipinski definition) is 3. The second-order valence-electron chi connectivity index (χ2n) is 4.83. The van der Waals surface area contributed by atoms with E-state index in [0.29, 0.717) is 0 Å². The van der Waals surface area contributed by atoms with Crippen molar-refractivity contribution in [2.24, 2.45) is 0 Å². The van der Waals surface area contributed by atoms with Crippen molar-refractivity contribution in [2.45, 2.75) is 45.3 Å². The van der Waals surface area contributed by atoms with Gasteiger partial charge in [-0.25, -0.2) is 0 Å². The summed E-state index contributed by atoms with van der Waals surface area (Å²) in [4.78, 5) is 1.55. The van der Waals surface area contributed by atoms with Crippen LogP contribution in [-0.2, 0) is 6.42 Å². The van der Waals surface area contributed by atoms with Gasteiger partial charge in [0.1, 0.15) is 0 Å². The van der Waals surface area contributed by atoms with Gasteiger partial charge in [-0.2, -0.15) is 24.0 Å². The fourth-order valence-electron chi connectivity index (χ4n) is 2.49. The summed E-state index contributed by atoms with van der Waals surface area (Å²) in [5.41, 5.74) is 0. The molecule has 0 aliphatic carbocycles. The lowest BCUT2D eigenvalue weighted by Crippen LogP contribution is -2.43. The van der Waals surface area contributed by atoms with E-state index in [-0.39, 0.29) is 12.4 Å². The predicted molar refractivity (Wildman–Crippen MR) is 98.8 cm³/mol. The molecule has 1 aromatic rings. The Bertz CT molecular complexity index is 332. The van der Waals surface area contributed by atoms with E-state index in [1.54, 1.807) is 9.38 Å². The van der Waals surface area contributed by atoms with Gasteiger partial charge in [-0.15, -0.1) is 12.4 Å². The van der Waals surface area contributed by atoms with Crippen molar-refractivity contribution < 1.29 is 0 Å². The highest BCUT2D eigenvalue weighted by Gasteiger charge is 2.30. The zero-order valence-electron chi connectivity index (χ0n) is 12.4. The van der Waals surface area contributed by atoms with Crippen molar-refractivity contribution in [3.05, 3.63) is 17.0 Å². The Kier molecular flexibility index (Phi) is 10.6. The molecule has 1 heterocycles. The van der Waals surface area contributed by atoms with Crippen LogP contribution in [0, 0.1) is 0 Å². The van der Waals surface area contributed by atoms with Crippen LogP contribution in [0.3, 0.4) is 0 Å². The van der Waals surface area contributed by atoms with Gasteiger partial charge in [0.05, 0.1) is 8.07 Å². The van der Waals surface area contributed by atoms with Gasteiger partial charge in [0, 0.05) is 17.2 Å². The molecule has 0 fully saturated rings. The molecule has 0 amide bonds. The van der Waals surface area contributed by atoms with E-state index in [1.807, 2.05) is 0 Å². The maximum Gasteiger partial charge on any atom is 0.0987 e. The maximum absolute atomic E-state index is 4.21. The molecule has 112 valence electrons. The highest BCUT2D eigenvalue weighted by Crippen LogP contribution is 2.24. The Morgan fingerprint density at radius 2 is 1.74 bits per heavy atom. The minimum atomic E-state index is -1.14. The first-order valence-electron chi connectivity index (χ1n) is 7.13. The lowest BCUT2D eigenvalue weighted by Gasteiger charge is -2.26. The molecule has 0 aliphatic heterocycles. The van der Waals surface area contributed by atoms with E-state index in [4.69, 9.17) is 0 Å². The Labute approximate surface area is 135 Å². The van der Waals surface area contributed by atoms with Gasteiger partial charge < -0.3 is 5.32 Å². The normalized spacial score (nSPS) is 11.4. The monoisotopic (exact) mass is 337 g/mol.